The number of halogens is 2. The summed E-state index contributed by atoms with van der Waals surface area (Å²) in [5.41, 5.74) is 3.96. The van der Waals surface area contributed by atoms with Crippen LogP contribution in [0.25, 0.3) is 10.9 Å². The van der Waals surface area contributed by atoms with Crippen LogP contribution in [0.3, 0.4) is 0 Å². The molecule has 0 saturated heterocycles. The minimum atomic E-state index is -0.271. The lowest BCUT2D eigenvalue weighted by atomic mass is 10.1. The SMILES string of the molecule is CCCNc1c(C)c(CC)nc2cc(F)c(Br)cc12. The van der Waals surface area contributed by atoms with Gasteiger partial charge in [0.25, 0.3) is 0 Å². The van der Waals surface area contributed by atoms with Crippen molar-refractivity contribution in [2.75, 3.05) is 11.9 Å². The number of nitrogens with zero attached hydrogens (tertiary/aromatic N) is 1. The predicted octanol–water partition coefficient (Wildman–Crippen LogP) is 4.83. The normalized spacial score (nSPS) is 11.0. The quantitative estimate of drug-likeness (QED) is 0.871. The molecule has 0 atom stereocenters. The minimum absolute atomic E-state index is 0.271. The van der Waals surface area contributed by atoms with Gasteiger partial charge in [-0.05, 0) is 47.3 Å². The lowest BCUT2D eigenvalue weighted by Gasteiger charge is -2.15. The number of nitrogens with one attached hydrogen (secondary N) is 1. The van der Waals surface area contributed by atoms with Crippen LogP contribution in [0.1, 0.15) is 31.5 Å². The lowest BCUT2D eigenvalue weighted by Crippen LogP contribution is -2.06. The molecule has 0 amide bonds. The summed E-state index contributed by atoms with van der Waals surface area (Å²) in [7, 11) is 0. The van der Waals surface area contributed by atoms with Gasteiger partial charge in [0, 0.05) is 29.4 Å². The average molecular weight is 325 g/mol. The first kappa shape index (κ1) is 14.3. The van der Waals surface area contributed by atoms with E-state index in [1.54, 1.807) is 0 Å². The second-order valence-corrected chi connectivity index (χ2v) is 5.48. The molecule has 0 bridgehead atoms. The Labute approximate surface area is 121 Å². The number of hydrogen-bond donors (Lipinski definition) is 1. The smallest absolute Gasteiger partial charge is 0.139 e. The van der Waals surface area contributed by atoms with E-state index in [0.717, 1.165) is 41.7 Å². The molecule has 0 aliphatic heterocycles. The van der Waals surface area contributed by atoms with Gasteiger partial charge in [-0.15, -0.1) is 0 Å². The highest BCUT2D eigenvalue weighted by Crippen LogP contribution is 2.32. The van der Waals surface area contributed by atoms with E-state index in [2.05, 4.69) is 47.0 Å². The minimum Gasteiger partial charge on any atom is -0.384 e. The molecule has 2 aromatic rings. The van der Waals surface area contributed by atoms with E-state index >= 15 is 0 Å². The van der Waals surface area contributed by atoms with Crippen molar-refractivity contribution in [2.45, 2.75) is 33.6 Å². The van der Waals surface area contributed by atoms with Crippen molar-refractivity contribution >= 4 is 32.5 Å². The number of anilines is 1. The Balaban J connectivity index is 2.71. The molecular formula is C15H18BrFN2. The summed E-state index contributed by atoms with van der Waals surface area (Å²) in [6.07, 6.45) is 1.90. The summed E-state index contributed by atoms with van der Waals surface area (Å²) in [6, 6.07) is 3.30. The Hall–Kier alpha value is -1.16. The second-order valence-electron chi connectivity index (χ2n) is 4.62. The van der Waals surface area contributed by atoms with Crippen LogP contribution in [-0.2, 0) is 6.42 Å². The Morgan fingerprint density at radius 2 is 2.05 bits per heavy atom. The zero-order chi connectivity index (χ0) is 14.0. The number of benzene rings is 1. The molecule has 0 radical (unpaired) electrons. The standard InChI is InChI=1S/C15H18BrFN2/c1-4-6-18-15-9(3)13(5-2)19-14-8-12(17)11(16)7-10(14)15/h7-8H,4-6H2,1-3H3,(H,18,19). The van der Waals surface area contributed by atoms with Crippen LogP contribution >= 0.6 is 15.9 Å². The molecule has 0 unspecified atom stereocenters. The Morgan fingerprint density at radius 1 is 1.32 bits per heavy atom. The number of pyridine rings is 1. The molecule has 2 rings (SSSR count). The van der Waals surface area contributed by atoms with Crippen molar-refractivity contribution in [3.05, 3.63) is 33.7 Å². The molecule has 0 saturated carbocycles. The lowest BCUT2D eigenvalue weighted by molar-refractivity contribution is 0.622. The van der Waals surface area contributed by atoms with Crippen molar-refractivity contribution in [2.24, 2.45) is 0 Å². The molecule has 0 fully saturated rings. The maximum absolute atomic E-state index is 13.7. The molecule has 4 heteroatoms. The molecule has 2 nitrogen and oxygen atoms in total. The Morgan fingerprint density at radius 3 is 2.68 bits per heavy atom. The number of fused-ring (bicyclic) bond motifs is 1. The molecular weight excluding hydrogens is 307 g/mol. The molecule has 1 aromatic carbocycles. The molecule has 0 aliphatic carbocycles. The van der Waals surface area contributed by atoms with Crippen molar-refractivity contribution in [3.8, 4) is 0 Å². The highest BCUT2D eigenvalue weighted by Gasteiger charge is 2.13. The summed E-state index contributed by atoms with van der Waals surface area (Å²) in [4.78, 5) is 4.56. The van der Waals surface area contributed by atoms with E-state index in [1.807, 2.05) is 6.07 Å². The zero-order valence-electron chi connectivity index (χ0n) is 11.5. The Bertz CT molecular complexity index is 611. The van der Waals surface area contributed by atoms with Crippen LogP contribution in [0.4, 0.5) is 10.1 Å². The number of hydrogen-bond acceptors (Lipinski definition) is 2. The summed E-state index contributed by atoms with van der Waals surface area (Å²) < 4.78 is 14.1. The van der Waals surface area contributed by atoms with Gasteiger partial charge in [0.2, 0.25) is 0 Å². The fourth-order valence-corrected chi connectivity index (χ4v) is 2.57. The fourth-order valence-electron chi connectivity index (χ4n) is 2.23. The second kappa shape index (κ2) is 5.87. The fraction of sp³-hybridized carbons (Fsp3) is 0.400. The van der Waals surface area contributed by atoms with Gasteiger partial charge in [-0.3, -0.25) is 4.98 Å². The first-order valence-corrected chi connectivity index (χ1v) is 7.39. The Kier molecular flexibility index (Phi) is 4.40. The average Bonchev–Trinajstić information content (AvgIpc) is 2.39. The summed E-state index contributed by atoms with van der Waals surface area (Å²) >= 11 is 3.25. The topological polar surface area (TPSA) is 24.9 Å². The van der Waals surface area contributed by atoms with Crippen molar-refractivity contribution in [3.63, 3.8) is 0 Å². The van der Waals surface area contributed by atoms with Gasteiger partial charge in [-0.25, -0.2) is 4.39 Å². The van der Waals surface area contributed by atoms with E-state index in [1.165, 1.54) is 6.07 Å². The molecule has 0 spiro atoms. The first-order chi connectivity index (χ1) is 9.08. The van der Waals surface area contributed by atoms with Crippen molar-refractivity contribution < 1.29 is 4.39 Å². The molecule has 102 valence electrons. The maximum atomic E-state index is 13.7. The van der Waals surface area contributed by atoms with Gasteiger partial charge < -0.3 is 5.32 Å². The van der Waals surface area contributed by atoms with E-state index < -0.39 is 0 Å². The first-order valence-electron chi connectivity index (χ1n) is 6.60. The summed E-state index contributed by atoms with van der Waals surface area (Å²) in [5, 5.41) is 4.41. The third-order valence-electron chi connectivity index (χ3n) is 3.26. The summed E-state index contributed by atoms with van der Waals surface area (Å²) in [5.74, 6) is -0.271. The van der Waals surface area contributed by atoms with Gasteiger partial charge in [0.1, 0.15) is 5.82 Å². The molecule has 1 aromatic heterocycles. The molecule has 0 aliphatic rings. The number of rotatable bonds is 4. The van der Waals surface area contributed by atoms with Crippen LogP contribution in [0, 0.1) is 12.7 Å². The predicted molar refractivity (Wildman–Crippen MR) is 82.3 cm³/mol. The largest absolute Gasteiger partial charge is 0.384 e. The molecule has 1 N–H and O–H groups in total. The van der Waals surface area contributed by atoms with Gasteiger partial charge in [-0.2, -0.15) is 0 Å². The van der Waals surface area contributed by atoms with E-state index in [0.29, 0.717) is 9.99 Å². The van der Waals surface area contributed by atoms with Crippen LogP contribution in [-0.4, -0.2) is 11.5 Å². The van der Waals surface area contributed by atoms with E-state index in [4.69, 9.17) is 0 Å². The van der Waals surface area contributed by atoms with Crippen molar-refractivity contribution in [1.29, 1.82) is 0 Å². The van der Waals surface area contributed by atoms with Gasteiger partial charge in [0.15, 0.2) is 0 Å². The summed E-state index contributed by atoms with van der Waals surface area (Å²) in [6.45, 7) is 7.17. The zero-order valence-corrected chi connectivity index (χ0v) is 13.1. The monoisotopic (exact) mass is 324 g/mol. The van der Waals surface area contributed by atoms with E-state index in [9.17, 15) is 4.39 Å². The van der Waals surface area contributed by atoms with Crippen LogP contribution in [0.2, 0.25) is 0 Å². The van der Waals surface area contributed by atoms with Crippen LogP contribution in [0.15, 0.2) is 16.6 Å². The third-order valence-corrected chi connectivity index (χ3v) is 3.87. The molecule has 19 heavy (non-hydrogen) atoms. The van der Waals surface area contributed by atoms with Crippen LogP contribution in [0.5, 0.6) is 0 Å². The highest BCUT2D eigenvalue weighted by molar-refractivity contribution is 9.10. The van der Waals surface area contributed by atoms with E-state index in [-0.39, 0.29) is 5.82 Å². The third kappa shape index (κ3) is 2.73. The highest BCUT2D eigenvalue weighted by atomic mass is 79.9. The van der Waals surface area contributed by atoms with Crippen molar-refractivity contribution in [1.82, 2.24) is 4.98 Å². The maximum Gasteiger partial charge on any atom is 0.139 e. The number of aromatic nitrogens is 1. The van der Waals surface area contributed by atoms with Gasteiger partial charge >= 0.3 is 0 Å². The van der Waals surface area contributed by atoms with Gasteiger partial charge in [0.05, 0.1) is 9.99 Å². The van der Waals surface area contributed by atoms with Gasteiger partial charge in [-0.1, -0.05) is 13.8 Å². The van der Waals surface area contributed by atoms with Crippen LogP contribution < -0.4 is 5.32 Å². The molecule has 1 heterocycles. The number of aryl methyl sites for hydroxylation is 1.